The number of ketones is 1. The van der Waals surface area contributed by atoms with Crippen molar-refractivity contribution in [2.24, 2.45) is 0 Å². The van der Waals surface area contributed by atoms with Crippen LogP contribution in [0, 0.1) is 0 Å². The predicted octanol–water partition coefficient (Wildman–Crippen LogP) is 5.46. The molecule has 0 heterocycles. The third-order valence-electron chi connectivity index (χ3n) is 4.63. The molecule has 1 N–H and O–H groups in total. The third kappa shape index (κ3) is 3.11. The number of hydrogen-bond donors (Lipinski definition) is 1. The van der Waals surface area contributed by atoms with E-state index in [0.717, 1.165) is 27.6 Å². The fourth-order valence-electron chi connectivity index (χ4n) is 3.21. The van der Waals surface area contributed by atoms with Crippen molar-refractivity contribution in [2.45, 2.75) is 6.42 Å². The molecule has 0 radical (unpaired) electrons. The number of carbonyl (C=O) groups excluding carboxylic acids is 1. The summed E-state index contributed by atoms with van der Waals surface area (Å²) in [5.74, 6) is 0.148. The maximum Gasteiger partial charge on any atom is 0.167 e. The van der Waals surface area contributed by atoms with E-state index < -0.39 is 0 Å². The first-order chi connectivity index (χ1) is 12.2. The summed E-state index contributed by atoms with van der Waals surface area (Å²) in [6.07, 6.45) is 0.422. The van der Waals surface area contributed by atoms with E-state index in [-0.39, 0.29) is 5.78 Å². The Hall–Kier alpha value is -3.13. The largest absolute Gasteiger partial charge is 0.388 e. The first-order valence-corrected chi connectivity index (χ1v) is 8.45. The third-order valence-corrected chi connectivity index (χ3v) is 4.63. The van der Waals surface area contributed by atoms with Gasteiger partial charge in [0.15, 0.2) is 5.78 Å². The minimum Gasteiger partial charge on any atom is -0.388 e. The molecule has 0 aromatic heterocycles. The topological polar surface area (TPSA) is 29.1 Å². The molecular weight excluding hydrogens is 306 g/mol. The number of hydrogen-bond acceptors (Lipinski definition) is 2. The van der Waals surface area contributed by atoms with Crippen LogP contribution in [0.15, 0.2) is 78.9 Å². The van der Waals surface area contributed by atoms with Gasteiger partial charge >= 0.3 is 0 Å². The van der Waals surface area contributed by atoms with E-state index in [9.17, 15) is 4.79 Å². The van der Waals surface area contributed by atoms with Crippen LogP contribution in [-0.2, 0) is 6.42 Å². The van der Waals surface area contributed by atoms with Crippen LogP contribution in [0.2, 0.25) is 0 Å². The number of fused-ring (bicyclic) bond motifs is 2. The van der Waals surface area contributed by atoms with Crippen molar-refractivity contribution in [3.05, 3.63) is 90.0 Å². The average Bonchev–Trinajstić information content (AvgIpc) is 2.67. The number of Topliss-reactive ketones (excluding diaryl/α,β-unsaturated/α-hetero) is 1. The van der Waals surface area contributed by atoms with Gasteiger partial charge < -0.3 is 5.32 Å². The van der Waals surface area contributed by atoms with Gasteiger partial charge in [-0.15, -0.1) is 0 Å². The van der Waals surface area contributed by atoms with Crippen molar-refractivity contribution in [3.63, 3.8) is 0 Å². The van der Waals surface area contributed by atoms with E-state index in [1.165, 1.54) is 10.8 Å². The molecule has 0 amide bonds. The van der Waals surface area contributed by atoms with Gasteiger partial charge in [-0.2, -0.15) is 0 Å². The zero-order valence-electron chi connectivity index (χ0n) is 14.1. The monoisotopic (exact) mass is 325 g/mol. The molecule has 0 saturated heterocycles. The molecule has 0 saturated carbocycles. The van der Waals surface area contributed by atoms with Crippen molar-refractivity contribution < 1.29 is 4.79 Å². The minimum absolute atomic E-state index is 0.148. The molecule has 122 valence electrons. The van der Waals surface area contributed by atoms with Crippen LogP contribution in [0.3, 0.4) is 0 Å². The van der Waals surface area contributed by atoms with Crippen molar-refractivity contribution in [2.75, 3.05) is 12.4 Å². The van der Waals surface area contributed by atoms with Crippen molar-refractivity contribution in [1.29, 1.82) is 0 Å². The normalized spacial score (nSPS) is 10.9. The molecule has 25 heavy (non-hydrogen) atoms. The molecule has 0 aliphatic carbocycles. The number of nitrogens with one attached hydrogen (secondary N) is 1. The van der Waals surface area contributed by atoms with Crippen LogP contribution in [0.25, 0.3) is 21.5 Å². The SMILES string of the molecule is CNc1ccc2cc(C(=O)Cc3ccc4ccccc4c3)ccc2c1. The van der Waals surface area contributed by atoms with Gasteiger partial charge in [0.1, 0.15) is 0 Å². The molecule has 0 fully saturated rings. The fourth-order valence-corrected chi connectivity index (χ4v) is 3.21. The first kappa shape index (κ1) is 15.4. The van der Waals surface area contributed by atoms with Crippen molar-refractivity contribution >= 4 is 33.0 Å². The van der Waals surface area contributed by atoms with Crippen LogP contribution in [0.5, 0.6) is 0 Å². The second kappa shape index (κ2) is 6.40. The Bertz CT molecular complexity index is 1080. The summed E-state index contributed by atoms with van der Waals surface area (Å²) in [5.41, 5.74) is 2.88. The van der Waals surface area contributed by atoms with Gasteiger partial charge in [0.05, 0.1) is 0 Å². The molecule has 0 atom stereocenters. The summed E-state index contributed by atoms with van der Waals surface area (Å²) in [7, 11) is 1.91. The maximum atomic E-state index is 12.7. The lowest BCUT2D eigenvalue weighted by Gasteiger charge is -2.07. The van der Waals surface area contributed by atoms with Gasteiger partial charge in [0, 0.05) is 24.7 Å². The van der Waals surface area contributed by atoms with Gasteiger partial charge in [-0.25, -0.2) is 0 Å². The Morgan fingerprint density at radius 3 is 2.28 bits per heavy atom. The molecule has 2 heteroatoms. The highest BCUT2D eigenvalue weighted by atomic mass is 16.1. The van der Waals surface area contributed by atoms with Crippen LogP contribution in [-0.4, -0.2) is 12.8 Å². The Morgan fingerprint density at radius 2 is 1.44 bits per heavy atom. The molecule has 0 aliphatic heterocycles. The van der Waals surface area contributed by atoms with Crippen LogP contribution in [0.1, 0.15) is 15.9 Å². The first-order valence-electron chi connectivity index (χ1n) is 8.45. The lowest BCUT2D eigenvalue weighted by molar-refractivity contribution is 0.0993. The number of carbonyl (C=O) groups is 1. The van der Waals surface area contributed by atoms with Gasteiger partial charge in [-0.05, 0) is 45.3 Å². The van der Waals surface area contributed by atoms with Crippen LogP contribution in [0.4, 0.5) is 5.69 Å². The van der Waals surface area contributed by atoms with Crippen molar-refractivity contribution in [3.8, 4) is 0 Å². The molecule has 4 aromatic carbocycles. The van der Waals surface area contributed by atoms with E-state index in [4.69, 9.17) is 0 Å². The molecule has 0 bridgehead atoms. The van der Waals surface area contributed by atoms with Crippen LogP contribution >= 0.6 is 0 Å². The molecule has 0 unspecified atom stereocenters. The molecule has 0 aliphatic rings. The molecule has 2 nitrogen and oxygen atoms in total. The van der Waals surface area contributed by atoms with E-state index in [2.05, 4.69) is 35.6 Å². The number of rotatable bonds is 4. The summed E-state index contributed by atoms with van der Waals surface area (Å²) in [4.78, 5) is 12.7. The lowest BCUT2D eigenvalue weighted by atomic mass is 9.98. The fraction of sp³-hybridized carbons (Fsp3) is 0.0870. The predicted molar refractivity (Wildman–Crippen MR) is 105 cm³/mol. The Kier molecular flexibility index (Phi) is 3.95. The Morgan fingerprint density at radius 1 is 0.760 bits per heavy atom. The van der Waals surface area contributed by atoms with Gasteiger partial charge in [-0.1, -0.05) is 60.7 Å². The molecule has 4 rings (SSSR count). The van der Waals surface area contributed by atoms with Gasteiger partial charge in [0.2, 0.25) is 0 Å². The van der Waals surface area contributed by atoms with Gasteiger partial charge in [-0.3, -0.25) is 4.79 Å². The number of benzene rings is 4. The highest BCUT2D eigenvalue weighted by molar-refractivity contribution is 6.01. The van der Waals surface area contributed by atoms with E-state index in [1.54, 1.807) is 0 Å². The zero-order valence-corrected chi connectivity index (χ0v) is 14.1. The average molecular weight is 325 g/mol. The standard InChI is InChI=1S/C23H19NO/c1-24-22-11-10-19-14-21(9-8-20(19)15-22)23(25)13-16-6-7-17-4-2-3-5-18(17)12-16/h2-12,14-15,24H,13H2,1H3. The number of anilines is 1. The van der Waals surface area contributed by atoms with Gasteiger partial charge in [0.25, 0.3) is 0 Å². The summed E-state index contributed by atoms with van der Waals surface area (Å²) in [5, 5.41) is 7.73. The van der Waals surface area contributed by atoms with Crippen LogP contribution < -0.4 is 5.32 Å². The quantitative estimate of drug-likeness (QED) is 0.505. The summed E-state index contributed by atoms with van der Waals surface area (Å²) in [6.45, 7) is 0. The minimum atomic E-state index is 0.148. The second-order valence-corrected chi connectivity index (χ2v) is 6.31. The highest BCUT2D eigenvalue weighted by Crippen LogP contribution is 2.22. The maximum absolute atomic E-state index is 12.7. The van der Waals surface area contributed by atoms with E-state index >= 15 is 0 Å². The van der Waals surface area contributed by atoms with E-state index in [0.29, 0.717) is 6.42 Å². The summed E-state index contributed by atoms with van der Waals surface area (Å²) >= 11 is 0. The lowest BCUT2D eigenvalue weighted by Crippen LogP contribution is -2.03. The smallest absolute Gasteiger partial charge is 0.167 e. The Labute approximate surface area is 147 Å². The summed E-state index contributed by atoms with van der Waals surface area (Å²) in [6, 6.07) is 26.5. The molecular formula is C23H19NO. The van der Waals surface area contributed by atoms with E-state index in [1.807, 2.05) is 55.6 Å². The molecule has 4 aromatic rings. The Balaban J connectivity index is 1.62. The highest BCUT2D eigenvalue weighted by Gasteiger charge is 2.09. The van der Waals surface area contributed by atoms with Crippen molar-refractivity contribution in [1.82, 2.24) is 0 Å². The molecule has 0 spiro atoms. The summed E-state index contributed by atoms with van der Waals surface area (Å²) < 4.78 is 0. The second-order valence-electron chi connectivity index (χ2n) is 6.31. The zero-order chi connectivity index (χ0) is 17.2.